The zero-order valence-electron chi connectivity index (χ0n) is 10.7. The highest BCUT2D eigenvalue weighted by Crippen LogP contribution is 2.36. The molecule has 0 atom stereocenters. The average molecular weight is 266 g/mol. The second-order valence-corrected chi connectivity index (χ2v) is 6.04. The summed E-state index contributed by atoms with van der Waals surface area (Å²) in [6.07, 6.45) is 2.21. The highest BCUT2D eigenvalue weighted by Gasteiger charge is 2.21. The molecule has 3 aromatic rings. The number of nitrogens with one attached hydrogen (secondary N) is 1. The SMILES string of the molecule is Cc1ccc(-c2nc3c([nH]2)CCc2sccc2-3)cc1. The minimum atomic E-state index is 0.990. The van der Waals surface area contributed by atoms with Crippen molar-refractivity contribution in [1.29, 1.82) is 0 Å². The fourth-order valence-electron chi connectivity index (χ4n) is 2.64. The summed E-state index contributed by atoms with van der Waals surface area (Å²) in [6, 6.07) is 10.7. The molecule has 2 aromatic heterocycles. The van der Waals surface area contributed by atoms with Gasteiger partial charge in [0, 0.05) is 21.7 Å². The normalized spacial score (nSPS) is 13.1. The zero-order chi connectivity index (χ0) is 12.8. The third-order valence-corrected chi connectivity index (χ3v) is 4.69. The molecule has 1 aliphatic carbocycles. The number of benzene rings is 1. The average Bonchev–Trinajstić information content (AvgIpc) is 3.04. The van der Waals surface area contributed by atoms with Crippen LogP contribution in [-0.4, -0.2) is 9.97 Å². The highest BCUT2D eigenvalue weighted by atomic mass is 32.1. The molecule has 0 radical (unpaired) electrons. The summed E-state index contributed by atoms with van der Waals surface area (Å²) < 4.78 is 0. The van der Waals surface area contributed by atoms with Crippen molar-refractivity contribution in [3.8, 4) is 22.6 Å². The largest absolute Gasteiger partial charge is 0.341 e. The molecular formula is C16H14N2S. The summed E-state index contributed by atoms with van der Waals surface area (Å²) in [7, 11) is 0. The van der Waals surface area contributed by atoms with Crippen LogP contribution in [0.5, 0.6) is 0 Å². The maximum absolute atomic E-state index is 4.82. The molecule has 0 aliphatic heterocycles. The Morgan fingerprint density at radius 3 is 2.79 bits per heavy atom. The van der Waals surface area contributed by atoms with E-state index in [0.29, 0.717) is 0 Å². The van der Waals surface area contributed by atoms with Gasteiger partial charge in [-0.15, -0.1) is 11.3 Å². The van der Waals surface area contributed by atoms with Gasteiger partial charge in [-0.05, 0) is 31.2 Å². The number of aromatic amines is 1. The van der Waals surface area contributed by atoms with E-state index >= 15 is 0 Å². The first-order valence-corrected chi connectivity index (χ1v) is 7.42. The quantitative estimate of drug-likeness (QED) is 0.702. The molecule has 2 heterocycles. The van der Waals surface area contributed by atoms with Crippen molar-refractivity contribution in [3.05, 3.63) is 51.8 Å². The first kappa shape index (κ1) is 11.0. The number of aromatic nitrogens is 2. The van der Waals surface area contributed by atoms with Gasteiger partial charge in [0.2, 0.25) is 0 Å². The Morgan fingerprint density at radius 1 is 1.11 bits per heavy atom. The Morgan fingerprint density at radius 2 is 1.95 bits per heavy atom. The second kappa shape index (κ2) is 4.07. The van der Waals surface area contributed by atoms with Gasteiger partial charge in [-0.2, -0.15) is 0 Å². The van der Waals surface area contributed by atoms with Crippen LogP contribution in [0, 0.1) is 6.92 Å². The van der Waals surface area contributed by atoms with Gasteiger partial charge in [0.05, 0.1) is 5.69 Å². The number of fused-ring (bicyclic) bond motifs is 3. The molecule has 1 aromatic carbocycles. The molecule has 0 spiro atoms. The third-order valence-electron chi connectivity index (χ3n) is 3.71. The van der Waals surface area contributed by atoms with Crippen molar-refractivity contribution >= 4 is 11.3 Å². The smallest absolute Gasteiger partial charge is 0.138 e. The number of imidazole rings is 1. The molecule has 3 heteroatoms. The first-order valence-electron chi connectivity index (χ1n) is 6.54. The number of hydrogen-bond donors (Lipinski definition) is 1. The van der Waals surface area contributed by atoms with Gasteiger partial charge >= 0.3 is 0 Å². The Labute approximate surface area is 116 Å². The lowest BCUT2D eigenvalue weighted by atomic mass is 10.0. The van der Waals surface area contributed by atoms with Crippen LogP contribution in [0.4, 0.5) is 0 Å². The summed E-state index contributed by atoms with van der Waals surface area (Å²) in [5, 5.41) is 2.17. The summed E-state index contributed by atoms with van der Waals surface area (Å²) in [5.74, 6) is 0.990. The van der Waals surface area contributed by atoms with Crippen molar-refractivity contribution in [2.45, 2.75) is 19.8 Å². The lowest BCUT2D eigenvalue weighted by molar-refractivity contribution is 0.927. The third kappa shape index (κ3) is 1.73. The van der Waals surface area contributed by atoms with Gasteiger partial charge in [-0.25, -0.2) is 4.98 Å². The van der Waals surface area contributed by atoms with Crippen LogP contribution in [0.25, 0.3) is 22.6 Å². The molecule has 1 N–H and O–H groups in total. The van der Waals surface area contributed by atoms with Gasteiger partial charge < -0.3 is 4.98 Å². The molecule has 0 fully saturated rings. The van der Waals surface area contributed by atoms with Gasteiger partial charge in [-0.1, -0.05) is 29.8 Å². The molecule has 0 unspecified atom stereocenters. The van der Waals surface area contributed by atoms with Crippen LogP contribution >= 0.6 is 11.3 Å². The van der Waals surface area contributed by atoms with Crippen molar-refractivity contribution in [1.82, 2.24) is 9.97 Å². The maximum atomic E-state index is 4.82. The first-order chi connectivity index (χ1) is 9.31. The highest BCUT2D eigenvalue weighted by molar-refractivity contribution is 7.10. The lowest BCUT2D eigenvalue weighted by Gasteiger charge is -2.09. The van der Waals surface area contributed by atoms with Gasteiger partial charge in [0.25, 0.3) is 0 Å². The van der Waals surface area contributed by atoms with Crippen LogP contribution in [0.3, 0.4) is 0 Å². The van der Waals surface area contributed by atoms with Crippen molar-refractivity contribution in [2.24, 2.45) is 0 Å². The Kier molecular flexibility index (Phi) is 2.35. The summed E-state index contributed by atoms with van der Waals surface area (Å²) >= 11 is 1.84. The van der Waals surface area contributed by atoms with E-state index in [1.54, 1.807) is 0 Å². The minimum absolute atomic E-state index is 0.990. The topological polar surface area (TPSA) is 28.7 Å². The molecular weight excluding hydrogens is 252 g/mol. The summed E-state index contributed by atoms with van der Waals surface area (Å²) in [6.45, 7) is 2.11. The molecule has 19 heavy (non-hydrogen) atoms. The Hall–Kier alpha value is -1.87. The van der Waals surface area contributed by atoms with E-state index in [-0.39, 0.29) is 0 Å². The Bertz CT molecular complexity index is 734. The van der Waals surface area contributed by atoms with E-state index in [1.807, 2.05) is 11.3 Å². The van der Waals surface area contributed by atoms with E-state index in [9.17, 15) is 0 Å². The van der Waals surface area contributed by atoms with Crippen LogP contribution < -0.4 is 0 Å². The van der Waals surface area contributed by atoms with Gasteiger partial charge in [0.15, 0.2) is 0 Å². The van der Waals surface area contributed by atoms with Crippen LogP contribution in [0.1, 0.15) is 16.1 Å². The molecule has 1 aliphatic rings. The van der Waals surface area contributed by atoms with Crippen LogP contribution in [0.2, 0.25) is 0 Å². The maximum Gasteiger partial charge on any atom is 0.138 e. The minimum Gasteiger partial charge on any atom is -0.341 e. The van der Waals surface area contributed by atoms with E-state index in [0.717, 1.165) is 29.9 Å². The van der Waals surface area contributed by atoms with Crippen LogP contribution in [-0.2, 0) is 12.8 Å². The zero-order valence-corrected chi connectivity index (χ0v) is 11.6. The Balaban J connectivity index is 1.84. The molecule has 0 bridgehead atoms. The van der Waals surface area contributed by atoms with Gasteiger partial charge in [0.1, 0.15) is 5.82 Å². The van der Waals surface area contributed by atoms with Crippen molar-refractivity contribution in [3.63, 3.8) is 0 Å². The van der Waals surface area contributed by atoms with Crippen molar-refractivity contribution in [2.75, 3.05) is 0 Å². The molecule has 2 nitrogen and oxygen atoms in total. The number of thiophene rings is 1. The van der Waals surface area contributed by atoms with E-state index in [2.05, 4.69) is 47.6 Å². The fraction of sp³-hybridized carbons (Fsp3) is 0.188. The molecule has 94 valence electrons. The molecule has 0 saturated carbocycles. The molecule has 0 amide bonds. The van der Waals surface area contributed by atoms with E-state index in [1.165, 1.54) is 21.7 Å². The number of nitrogens with zero attached hydrogens (tertiary/aromatic N) is 1. The molecule has 4 rings (SSSR count). The van der Waals surface area contributed by atoms with Gasteiger partial charge in [-0.3, -0.25) is 0 Å². The molecule has 0 saturated heterocycles. The van der Waals surface area contributed by atoms with E-state index < -0.39 is 0 Å². The monoisotopic (exact) mass is 266 g/mol. The predicted molar refractivity (Wildman–Crippen MR) is 79.5 cm³/mol. The predicted octanol–water partition coefficient (Wildman–Crippen LogP) is 4.21. The lowest BCUT2D eigenvalue weighted by Crippen LogP contribution is -1.99. The second-order valence-electron chi connectivity index (χ2n) is 5.04. The number of aryl methyl sites for hydroxylation is 3. The van der Waals surface area contributed by atoms with Crippen molar-refractivity contribution < 1.29 is 0 Å². The number of hydrogen-bond acceptors (Lipinski definition) is 2. The summed E-state index contributed by atoms with van der Waals surface area (Å²) in [4.78, 5) is 9.78. The summed E-state index contributed by atoms with van der Waals surface area (Å²) in [5.41, 5.74) is 6.19. The fourth-order valence-corrected chi connectivity index (χ4v) is 3.52. The standard InChI is InChI=1S/C16H14N2S/c1-10-2-4-11(5-3-10)16-17-13-6-7-14-12(8-9-19-14)15(13)18-16/h2-5,8-9H,6-7H2,1H3,(H,17,18). The number of H-pyrrole nitrogens is 1. The van der Waals surface area contributed by atoms with E-state index in [4.69, 9.17) is 4.98 Å². The van der Waals surface area contributed by atoms with Crippen LogP contribution in [0.15, 0.2) is 35.7 Å². The number of rotatable bonds is 1.